The average molecular weight is 390 g/mol. The van der Waals surface area contributed by atoms with Crippen molar-refractivity contribution in [2.45, 2.75) is 19.2 Å². The van der Waals surface area contributed by atoms with Gasteiger partial charge in [0.15, 0.2) is 0 Å². The van der Waals surface area contributed by atoms with Gasteiger partial charge in [0.1, 0.15) is 30.0 Å². The first-order valence-corrected chi connectivity index (χ1v) is 9.02. The molecule has 3 aromatic rings. The van der Waals surface area contributed by atoms with Crippen LogP contribution in [0.2, 0.25) is 5.02 Å². The van der Waals surface area contributed by atoms with Crippen LogP contribution >= 0.6 is 11.6 Å². The Labute approximate surface area is 162 Å². The second-order valence-corrected chi connectivity index (χ2v) is 6.73. The summed E-state index contributed by atoms with van der Waals surface area (Å²) in [7, 11) is 0. The average Bonchev–Trinajstić information content (AvgIpc) is 3.16. The number of rotatable bonds is 9. The Morgan fingerprint density at radius 3 is 2.44 bits per heavy atom. The van der Waals surface area contributed by atoms with E-state index in [0.717, 1.165) is 11.3 Å². The smallest absolute Gasteiger partial charge is 0.123 e. The van der Waals surface area contributed by atoms with Gasteiger partial charge in [0, 0.05) is 18.1 Å². The van der Waals surface area contributed by atoms with E-state index in [1.54, 1.807) is 6.26 Å². The van der Waals surface area contributed by atoms with Gasteiger partial charge in [-0.2, -0.15) is 0 Å². The molecule has 27 heavy (non-hydrogen) atoms. The van der Waals surface area contributed by atoms with E-state index in [1.807, 2.05) is 36.4 Å². The Balaban J connectivity index is 1.59. The molecule has 1 unspecified atom stereocenters. The fourth-order valence-corrected chi connectivity index (χ4v) is 2.86. The third-order valence-corrected chi connectivity index (χ3v) is 4.26. The van der Waals surface area contributed by atoms with Crippen LogP contribution in [0.5, 0.6) is 5.75 Å². The van der Waals surface area contributed by atoms with Crippen molar-refractivity contribution in [3.8, 4) is 5.75 Å². The predicted molar refractivity (Wildman–Crippen MR) is 102 cm³/mol. The lowest BCUT2D eigenvalue weighted by atomic mass is 10.2. The maximum absolute atomic E-state index is 12.9. The molecule has 1 heterocycles. The van der Waals surface area contributed by atoms with Crippen molar-refractivity contribution in [2.24, 2.45) is 0 Å². The SMILES string of the molecule is OC(COc1ccc(F)cc1)CN(Cc1ccc(Cl)cc1)Cc1ccco1. The Morgan fingerprint density at radius 1 is 1.04 bits per heavy atom. The van der Waals surface area contributed by atoms with Gasteiger partial charge >= 0.3 is 0 Å². The summed E-state index contributed by atoms with van der Waals surface area (Å²) in [5, 5.41) is 11.1. The van der Waals surface area contributed by atoms with E-state index < -0.39 is 6.10 Å². The van der Waals surface area contributed by atoms with Crippen LogP contribution in [0.3, 0.4) is 0 Å². The molecule has 1 aromatic heterocycles. The molecule has 0 radical (unpaired) electrons. The van der Waals surface area contributed by atoms with Crippen LogP contribution in [-0.2, 0) is 13.1 Å². The molecule has 2 aromatic carbocycles. The summed E-state index contributed by atoms with van der Waals surface area (Å²) in [5.74, 6) is 1.01. The molecule has 0 spiro atoms. The second-order valence-electron chi connectivity index (χ2n) is 6.29. The molecule has 0 aliphatic carbocycles. The number of aliphatic hydroxyl groups is 1. The summed E-state index contributed by atoms with van der Waals surface area (Å²) in [4.78, 5) is 2.07. The summed E-state index contributed by atoms with van der Waals surface area (Å²) in [5.41, 5.74) is 1.08. The normalized spacial score (nSPS) is 12.3. The highest BCUT2D eigenvalue weighted by atomic mass is 35.5. The van der Waals surface area contributed by atoms with E-state index in [-0.39, 0.29) is 12.4 Å². The largest absolute Gasteiger partial charge is 0.491 e. The molecule has 0 aliphatic rings. The fourth-order valence-electron chi connectivity index (χ4n) is 2.73. The Hall–Kier alpha value is -2.34. The Kier molecular flexibility index (Phi) is 6.87. The molecule has 0 saturated heterocycles. The summed E-state index contributed by atoms with van der Waals surface area (Å²) < 4.78 is 23.9. The van der Waals surface area contributed by atoms with Crippen LogP contribution in [-0.4, -0.2) is 29.3 Å². The van der Waals surface area contributed by atoms with E-state index in [9.17, 15) is 9.50 Å². The quantitative estimate of drug-likeness (QED) is 0.584. The summed E-state index contributed by atoms with van der Waals surface area (Å²) in [6, 6.07) is 17.1. The van der Waals surface area contributed by atoms with E-state index in [1.165, 1.54) is 24.3 Å². The minimum atomic E-state index is -0.711. The van der Waals surface area contributed by atoms with Gasteiger partial charge in [-0.3, -0.25) is 4.90 Å². The van der Waals surface area contributed by atoms with Crippen LogP contribution in [0.25, 0.3) is 0 Å². The minimum Gasteiger partial charge on any atom is -0.491 e. The summed E-state index contributed by atoms with van der Waals surface area (Å²) >= 11 is 5.95. The summed E-state index contributed by atoms with van der Waals surface area (Å²) in [6.45, 7) is 1.69. The highest BCUT2D eigenvalue weighted by Gasteiger charge is 2.15. The molecule has 0 fully saturated rings. The molecule has 6 heteroatoms. The van der Waals surface area contributed by atoms with Gasteiger partial charge in [-0.15, -0.1) is 0 Å². The first-order valence-electron chi connectivity index (χ1n) is 8.64. The third-order valence-electron chi connectivity index (χ3n) is 4.00. The molecule has 0 saturated carbocycles. The Morgan fingerprint density at radius 2 is 1.78 bits per heavy atom. The van der Waals surface area contributed by atoms with Gasteiger partial charge in [-0.1, -0.05) is 23.7 Å². The van der Waals surface area contributed by atoms with Crippen LogP contribution in [0.15, 0.2) is 71.3 Å². The van der Waals surface area contributed by atoms with Gasteiger partial charge < -0.3 is 14.3 Å². The number of furan rings is 1. The van der Waals surface area contributed by atoms with Crippen molar-refractivity contribution in [3.63, 3.8) is 0 Å². The molecular weight excluding hydrogens is 369 g/mol. The van der Waals surface area contributed by atoms with Crippen molar-refractivity contribution < 1.29 is 18.7 Å². The number of aliphatic hydroxyl groups excluding tert-OH is 1. The molecule has 0 bridgehead atoms. The van der Waals surface area contributed by atoms with Crippen molar-refractivity contribution in [1.29, 1.82) is 0 Å². The van der Waals surface area contributed by atoms with Crippen molar-refractivity contribution in [1.82, 2.24) is 4.90 Å². The lowest BCUT2D eigenvalue weighted by Gasteiger charge is -2.24. The number of hydrogen-bond acceptors (Lipinski definition) is 4. The Bertz CT molecular complexity index is 806. The maximum Gasteiger partial charge on any atom is 0.123 e. The monoisotopic (exact) mass is 389 g/mol. The van der Waals surface area contributed by atoms with Gasteiger partial charge in [-0.25, -0.2) is 4.39 Å². The minimum absolute atomic E-state index is 0.112. The van der Waals surface area contributed by atoms with Crippen molar-refractivity contribution in [3.05, 3.63) is 89.1 Å². The third kappa shape index (κ3) is 6.40. The maximum atomic E-state index is 12.9. The van der Waals surface area contributed by atoms with Crippen LogP contribution in [0.4, 0.5) is 4.39 Å². The first kappa shape index (κ1) is 19.4. The molecular formula is C21H21ClFNO3. The highest BCUT2D eigenvalue weighted by Crippen LogP contribution is 2.15. The first-order chi connectivity index (χ1) is 13.1. The van der Waals surface area contributed by atoms with Crippen molar-refractivity contribution in [2.75, 3.05) is 13.2 Å². The molecule has 142 valence electrons. The molecule has 3 rings (SSSR count). The standard InChI is InChI=1S/C21H21ClFNO3/c22-17-5-3-16(4-6-17)12-24(14-21-2-1-11-26-21)13-19(25)15-27-20-9-7-18(23)8-10-20/h1-11,19,25H,12-15H2. The fraction of sp³-hybridized carbons (Fsp3) is 0.238. The molecule has 0 aliphatic heterocycles. The van der Waals surface area contributed by atoms with Crippen LogP contribution < -0.4 is 4.74 Å². The zero-order chi connectivity index (χ0) is 19.1. The highest BCUT2D eigenvalue weighted by molar-refractivity contribution is 6.30. The number of nitrogens with zero attached hydrogens (tertiary/aromatic N) is 1. The van der Waals surface area contributed by atoms with E-state index in [0.29, 0.717) is 30.4 Å². The van der Waals surface area contributed by atoms with Gasteiger partial charge in [0.2, 0.25) is 0 Å². The predicted octanol–water partition coefficient (Wildman–Crippen LogP) is 4.51. The second kappa shape index (κ2) is 9.55. The van der Waals surface area contributed by atoms with Gasteiger partial charge in [0.25, 0.3) is 0 Å². The lowest BCUT2D eigenvalue weighted by molar-refractivity contribution is 0.0604. The van der Waals surface area contributed by atoms with E-state index in [4.69, 9.17) is 20.8 Å². The molecule has 1 atom stereocenters. The van der Waals surface area contributed by atoms with Crippen LogP contribution in [0.1, 0.15) is 11.3 Å². The number of ether oxygens (including phenoxy) is 1. The zero-order valence-electron chi connectivity index (χ0n) is 14.7. The molecule has 1 N–H and O–H groups in total. The van der Waals surface area contributed by atoms with E-state index in [2.05, 4.69) is 4.90 Å². The van der Waals surface area contributed by atoms with Crippen molar-refractivity contribution >= 4 is 11.6 Å². The molecule has 4 nitrogen and oxygen atoms in total. The molecule has 0 amide bonds. The number of hydrogen-bond donors (Lipinski definition) is 1. The lowest BCUT2D eigenvalue weighted by Crippen LogP contribution is -2.35. The summed E-state index contributed by atoms with van der Waals surface area (Å²) in [6.07, 6.45) is 0.918. The number of halogens is 2. The zero-order valence-corrected chi connectivity index (χ0v) is 15.5. The van der Waals surface area contributed by atoms with Crippen LogP contribution in [0, 0.1) is 5.82 Å². The van der Waals surface area contributed by atoms with E-state index >= 15 is 0 Å². The number of benzene rings is 2. The van der Waals surface area contributed by atoms with Gasteiger partial charge in [0.05, 0.1) is 12.8 Å². The topological polar surface area (TPSA) is 45.8 Å². The van der Waals surface area contributed by atoms with Gasteiger partial charge in [-0.05, 0) is 54.1 Å².